The van der Waals surface area contributed by atoms with Gasteiger partial charge in [0.1, 0.15) is 0 Å². The summed E-state index contributed by atoms with van der Waals surface area (Å²) in [7, 11) is -3.82. The lowest BCUT2D eigenvalue weighted by atomic mass is 9.78. The van der Waals surface area contributed by atoms with Crippen LogP contribution in [0.5, 0.6) is 0 Å². The van der Waals surface area contributed by atoms with E-state index in [0.717, 1.165) is 19.3 Å². The first-order valence-electron chi connectivity index (χ1n) is 6.73. The quantitative estimate of drug-likeness (QED) is 0.883. The second kappa shape index (κ2) is 5.18. The van der Waals surface area contributed by atoms with Crippen molar-refractivity contribution in [1.29, 1.82) is 0 Å². The molecule has 0 radical (unpaired) electrons. The molecule has 3 N–H and O–H groups in total. The summed E-state index contributed by atoms with van der Waals surface area (Å²) in [6.45, 7) is 3.84. The maximum absolute atomic E-state index is 12.2. The van der Waals surface area contributed by atoms with Crippen LogP contribution in [0, 0.1) is 0 Å². The molecular formula is C14H20N2O3S. The minimum absolute atomic E-state index is 0.0337. The molecule has 0 atom stereocenters. The smallest absolute Gasteiger partial charge is 0.251 e. The number of sulfonamides is 1. The van der Waals surface area contributed by atoms with Gasteiger partial charge in [-0.2, -0.15) is 0 Å². The molecule has 0 aliphatic heterocycles. The Morgan fingerprint density at radius 2 is 2.05 bits per heavy atom. The van der Waals surface area contributed by atoms with Crippen LogP contribution < -0.4 is 10.5 Å². The highest BCUT2D eigenvalue weighted by atomic mass is 32.2. The van der Waals surface area contributed by atoms with Crippen molar-refractivity contribution >= 4 is 15.9 Å². The highest BCUT2D eigenvalue weighted by molar-refractivity contribution is 7.89. The Morgan fingerprint density at radius 3 is 2.50 bits per heavy atom. The Kier molecular flexibility index (Phi) is 3.88. The molecule has 2 rings (SSSR count). The van der Waals surface area contributed by atoms with E-state index >= 15 is 0 Å². The van der Waals surface area contributed by atoms with Crippen molar-refractivity contribution in [2.45, 2.75) is 50.0 Å². The molecule has 0 bridgehead atoms. The van der Waals surface area contributed by atoms with Gasteiger partial charge in [0.05, 0.1) is 4.90 Å². The number of carbonyl (C=O) groups is 1. The van der Waals surface area contributed by atoms with Crippen molar-refractivity contribution in [3.05, 3.63) is 29.3 Å². The van der Waals surface area contributed by atoms with Gasteiger partial charge in [-0.05, 0) is 50.3 Å². The average Bonchev–Trinajstić information content (AvgIpc) is 2.35. The number of hydrogen-bond acceptors (Lipinski definition) is 3. The number of nitrogens with one attached hydrogen (secondary N) is 1. The van der Waals surface area contributed by atoms with Crippen molar-refractivity contribution in [2.24, 2.45) is 5.14 Å². The number of amides is 1. The van der Waals surface area contributed by atoms with Crippen molar-refractivity contribution in [1.82, 2.24) is 5.32 Å². The van der Waals surface area contributed by atoms with Crippen molar-refractivity contribution in [3.8, 4) is 0 Å². The van der Waals surface area contributed by atoms with E-state index in [1.165, 1.54) is 6.07 Å². The summed E-state index contributed by atoms with van der Waals surface area (Å²) in [6.07, 6.45) is 3.56. The lowest BCUT2D eigenvalue weighted by molar-refractivity contribution is 0.0850. The zero-order valence-electron chi connectivity index (χ0n) is 11.8. The molecule has 1 aromatic carbocycles. The first kappa shape index (κ1) is 15.0. The van der Waals surface area contributed by atoms with Gasteiger partial charge >= 0.3 is 0 Å². The molecule has 0 unspecified atom stereocenters. The number of carbonyl (C=O) groups excluding carboxylic acids is 1. The van der Waals surface area contributed by atoms with Crippen molar-refractivity contribution in [3.63, 3.8) is 0 Å². The molecule has 1 fully saturated rings. The van der Waals surface area contributed by atoms with Gasteiger partial charge in [0, 0.05) is 11.1 Å². The number of primary sulfonamides is 1. The summed E-state index contributed by atoms with van der Waals surface area (Å²) < 4.78 is 23.2. The van der Waals surface area contributed by atoms with Gasteiger partial charge < -0.3 is 5.32 Å². The van der Waals surface area contributed by atoms with Gasteiger partial charge in [0.25, 0.3) is 5.91 Å². The number of benzene rings is 1. The first-order valence-corrected chi connectivity index (χ1v) is 8.28. The van der Waals surface area contributed by atoms with Crippen molar-refractivity contribution in [2.75, 3.05) is 0 Å². The number of rotatable bonds is 4. The summed E-state index contributed by atoms with van der Waals surface area (Å²) in [4.78, 5) is 12.2. The van der Waals surface area contributed by atoms with Gasteiger partial charge in [-0.3, -0.25) is 4.79 Å². The van der Waals surface area contributed by atoms with Gasteiger partial charge in [-0.1, -0.05) is 13.0 Å². The van der Waals surface area contributed by atoms with E-state index in [4.69, 9.17) is 5.14 Å². The monoisotopic (exact) mass is 296 g/mol. The molecule has 110 valence electrons. The third-order valence-electron chi connectivity index (χ3n) is 3.89. The summed E-state index contributed by atoms with van der Waals surface area (Å²) in [5, 5.41) is 8.16. The molecule has 0 heterocycles. The standard InChI is InChI=1S/C14H20N2O3S/c1-3-10-5-6-11(9-12(10)20(15,18)19)13(17)16-14(2)7-4-8-14/h5-6,9H,3-4,7-8H2,1-2H3,(H,16,17)(H2,15,18,19). The SMILES string of the molecule is CCc1ccc(C(=O)NC2(C)CCC2)cc1S(N)(=O)=O. The molecule has 1 aromatic rings. The Balaban J connectivity index is 2.31. The lowest BCUT2D eigenvalue weighted by Crippen LogP contribution is -2.50. The van der Waals surface area contributed by atoms with Crippen LogP contribution in [0.3, 0.4) is 0 Å². The minimum atomic E-state index is -3.82. The van der Waals surface area contributed by atoms with Crippen molar-refractivity contribution < 1.29 is 13.2 Å². The van der Waals surface area contributed by atoms with Crippen LogP contribution in [0.25, 0.3) is 0 Å². The molecule has 6 heteroatoms. The number of aryl methyl sites for hydroxylation is 1. The Morgan fingerprint density at radius 1 is 1.40 bits per heavy atom. The van der Waals surface area contributed by atoms with E-state index in [-0.39, 0.29) is 16.3 Å². The molecule has 20 heavy (non-hydrogen) atoms. The van der Waals surface area contributed by atoms with Crippen LogP contribution in [0.1, 0.15) is 49.0 Å². The second-order valence-electron chi connectivity index (χ2n) is 5.59. The predicted octanol–water partition coefficient (Wildman–Crippen LogP) is 1.57. The molecule has 1 saturated carbocycles. The van der Waals surface area contributed by atoms with E-state index in [1.54, 1.807) is 12.1 Å². The summed E-state index contributed by atoms with van der Waals surface area (Å²) in [5.74, 6) is -0.250. The Labute approximate surface area is 119 Å². The fourth-order valence-corrected chi connectivity index (χ4v) is 3.30. The van der Waals surface area contributed by atoms with Crippen LogP contribution in [0.4, 0.5) is 0 Å². The third-order valence-corrected chi connectivity index (χ3v) is 4.88. The van der Waals surface area contributed by atoms with Crippen LogP contribution in [0.15, 0.2) is 23.1 Å². The highest BCUT2D eigenvalue weighted by Gasteiger charge is 2.33. The molecule has 5 nitrogen and oxygen atoms in total. The molecule has 1 aliphatic carbocycles. The van der Waals surface area contributed by atoms with E-state index in [9.17, 15) is 13.2 Å². The summed E-state index contributed by atoms with van der Waals surface area (Å²) >= 11 is 0. The van der Waals surface area contributed by atoms with Crippen LogP contribution in [0.2, 0.25) is 0 Å². The van der Waals surface area contributed by atoms with Gasteiger partial charge in [0.2, 0.25) is 10.0 Å². The van der Waals surface area contributed by atoms with E-state index in [1.807, 2.05) is 13.8 Å². The normalized spacial score (nSPS) is 17.4. The highest BCUT2D eigenvalue weighted by Crippen LogP contribution is 2.31. The zero-order valence-corrected chi connectivity index (χ0v) is 12.6. The summed E-state index contributed by atoms with van der Waals surface area (Å²) in [5.41, 5.74) is 0.792. The van der Waals surface area contributed by atoms with Crippen LogP contribution in [-0.2, 0) is 16.4 Å². The fraction of sp³-hybridized carbons (Fsp3) is 0.500. The molecular weight excluding hydrogens is 276 g/mol. The zero-order chi connectivity index (χ0) is 15.0. The Hall–Kier alpha value is -1.40. The second-order valence-corrected chi connectivity index (χ2v) is 7.12. The maximum atomic E-state index is 12.2. The topological polar surface area (TPSA) is 89.3 Å². The first-order chi connectivity index (χ1) is 9.25. The summed E-state index contributed by atoms with van der Waals surface area (Å²) in [6, 6.07) is 4.66. The lowest BCUT2D eigenvalue weighted by Gasteiger charge is -2.39. The predicted molar refractivity (Wildman–Crippen MR) is 76.9 cm³/mol. The van der Waals surface area contributed by atoms with Crippen LogP contribution >= 0.6 is 0 Å². The molecule has 0 spiro atoms. The molecule has 1 aliphatic rings. The fourth-order valence-electron chi connectivity index (χ4n) is 2.43. The average molecular weight is 296 g/mol. The van der Waals surface area contributed by atoms with Crippen LogP contribution in [-0.4, -0.2) is 19.9 Å². The number of hydrogen-bond donors (Lipinski definition) is 2. The van der Waals surface area contributed by atoms with E-state index in [2.05, 4.69) is 5.32 Å². The molecule has 0 saturated heterocycles. The van der Waals surface area contributed by atoms with E-state index < -0.39 is 10.0 Å². The van der Waals surface area contributed by atoms with Gasteiger partial charge in [0.15, 0.2) is 0 Å². The molecule has 0 aromatic heterocycles. The maximum Gasteiger partial charge on any atom is 0.251 e. The third kappa shape index (κ3) is 3.02. The largest absolute Gasteiger partial charge is 0.347 e. The minimum Gasteiger partial charge on any atom is -0.347 e. The van der Waals surface area contributed by atoms with E-state index in [0.29, 0.717) is 17.5 Å². The van der Waals surface area contributed by atoms with Gasteiger partial charge in [-0.25, -0.2) is 13.6 Å². The number of nitrogens with two attached hydrogens (primary N) is 1. The Bertz CT molecular complexity index is 634. The van der Waals surface area contributed by atoms with Gasteiger partial charge in [-0.15, -0.1) is 0 Å². The molecule has 1 amide bonds.